The Balaban J connectivity index is -0.0000000279. The topological polar surface area (TPSA) is 87.6 Å². The Kier molecular flexibility index (Phi) is 65.8. The Labute approximate surface area is 115 Å². The Hall–Kier alpha value is 1.66. The Morgan fingerprint density at radius 2 is 1.00 bits per heavy atom. The van der Waals surface area contributed by atoms with Crippen molar-refractivity contribution in [1.82, 2.24) is 0 Å². The van der Waals surface area contributed by atoms with E-state index in [9.17, 15) is 0 Å². The van der Waals surface area contributed by atoms with Crippen LogP contribution in [0.5, 0.6) is 0 Å². The average molecular weight is 170 g/mol. The van der Waals surface area contributed by atoms with Crippen molar-refractivity contribution >= 4 is 7.32 Å². The molecule has 5 nitrogen and oxygen atoms in total. The van der Waals surface area contributed by atoms with Crippen LogP contribution in [-0.2, 0) is 9.47 Å². The predicted molar refractivity (Wildman–Crippen MR) is 29.5 cm³/mol. The van der Waals surface area contributed by atoms with E-state index in [1.807, 2.05) is 0 Å². The maximum Gasteiger partial charge on any atom is 1.00 e. The van der Waals surface area contributed by atoms with Gasteiger partial charge in [0, 0.05) is 14.2 Å². The van der Waals surface area contributed by atoms with Gasteiger partial charge in [-0.1, -0.05) is 0 Å². The normalized spacial score (nSPS) is 6.23. The Bertz CT molecular complexity index is 54.3. The third kappa shape index (κ3) is 85.6. The van der Waals surface area contributed by atoms with Crippen LogP contribution in [0.4, 0.5) is 0 Å². The molecule has 0 fully saturated rings. The smallest absolute Gasteiger partial charge is 0.907 e. The molecule has 0 amide bonds. The van der Waals surface area contributed by atoms with Gasteiger partial charge in [0.1, 0.15) is 0 Å². The molecule has 0 aromatic rings. The third-order valence-electron chi connectivity index (χ3n) is 0.492. The molecule has 0 rings (SSSR count). The Morgan fingerprint density at radius 3 is 1.08 bits per heavy atom. The van der Waals surface area contributed by atoms with Crippen LogP contribution in [0, 0.1) is 0 Å². The standard InChI is InChI=1S/C4H10O2.BO3.3Li/c1-5-3-4-6-2;2-1(3)4;;;/h3-4H2,1-2H3;;;;/q;-3;3*+1. The first-order valence-electron chi connectivity index (χ1n) is 2.60. The monoisotopic (exact) mass is 170 g/mol. The second kappa shape index (κ2) is 29.2. The SMILES string of the molecule is COCCOC.[Li+].[Li+].[Li+].[O-]B([O-])[O-]. The largest absolute Gasteiger partial charge is 1.00 e. The van der Waals surface area contributed by atoms with Gasteiger partial charge in [-0.3, -0.25) is 7.32 Å². The molecule has 0 atom stereocenters. The number of rotatable bonds is 3. The van der Waals surface area contributed by atoms with Crippen molar-refractivity contribution in [3.63, 3.8) is 0 Å². The summed E-state index contributed by atoms with van der Waals surface area (Å²) in [6, 6.07) is 0. The van der Waals surface area contributed by atoms with Crippen molar-refractivity contribution in [3.8, 4) is 0 Å². The molecular weight excluding hydrogens is 160 g/mol. The zero-order chi connectivity index (χ0) is 8.41. The van der Waals surface area contributed by atoms with E-state index < -0.39 is 7.32 Å². The molecule has 0 heterocycles. The van der Waals surface area contributed by atoms with E-state index in [4.69, 9.17) is 15.1 Å². The van der Waals surface area contributed by atoms with Crippen LogP contribution in [0.15, 0.2) is 0 Å². The van der Waals surface area contributed by atoms with Gasteiger partial charge < -0.3 is 24.5 Å². The quantitative estimate of drug-likeness (QED) is 0.309. The molecule has 9 heteroatoms. The molecular formula is C4H10BLi3O5. The molecule has 0 aliphatic rings. The van der Waals surface area contributed by atoms with Gasteiger partial charge in [-0.2, -0.15) is 0 Å². The molecule has 13 heavy (non-hydrogen) atoms. The van der Waals surface area contributed by atoms with E-state index in [-0.39, 0.29) is 56.6 Å². The molecule has 0 aromatic heterocycles. The second-order valence-electron chi connectivity index (χ2n) is 1.27. The molecule has 0 aliphatic heterocycles. The van der Waals surface area contributed by atoms with Crippen LogP contribution in [0.25, 0.3) is 0 Å². The van der Waals surface area contributed by atoms with Crippen molar-refractivity contribution in [3.05, 3.63) is 0 Å². The average Bonchev–Trinajstić information content (AvgIpc) is 1.82. The van der Waals surface area contributed by atoms with Gasteiger partial charge in [-0.15, -0.1) is 0 Å². The van der Waals surface area contributed by atoms with Crippen LogP contribution >= 0.6 is 0 Å². The van der Waals surface area contributed by atoms with Gasteiger partial charge in [0.25, 0.3) is 0 Å². The fraction of sp³-hybridized carbons (Fsp3) is 1.00. The summed E-state index contributed by atoms with van der Waals surface area (Å²) in [5.74, 6) is 0. The number of hydrogen-bond acceptors (Lipinski definition) is 5. The second-order valence-corrected chi connectivity index (χ2v) is 1.27. The Morgan fingerprint density at radius 1 is 0.846 bits per heavy atom. The zero-order valence-corrected chi connectivity index (χ0v) is 9.03. The molecule has 0 bridgehead atoms. The first-order chi connectivity index (χ1) is 4.65. The summed E-state index contributed by atoms with van der Waals surface area (Å²) < 4.78 is 9.31. The van der Waals surface area contributed by atoms with E-state index in [0.29, 0.717) is 13.2 Å². The van der Waals surface area contributed by atoms with Crippen molar-refractivity contribution in [1.29, 1.82) is 0 Å². The first-order valence-corrected chi connectivity index (χ1v) is 2.60. The van der Waals surface area contributed by atoms with E-state index in [2.05, 4.69) is 9.47 Å². The summed E-state index contributed by atoms with van der Waals surface area (Å²) >= 11 is 0. The van der Waals surface area contributed by atoms with Crippen molar-refractivity contribution in [2.45, 2.75) is 0 Å². The third-order valence-corrected chi connectivity index (χ3v) is 0.492. The van der Waals surface area contributed by atoms with Crippen LogP contribution < -0.4 is 71.7 Å². The van der Waals surface area contributed by atoms with Gasteiger partial charge in [0.15, 0.2) is 0 Å². The fourth-order valence-corrected chi connectivity index (χ4v) is 0.167. The number of ether oxygens (including phenoxy) is 2. The van der Waals surface area contributed by atoms with Crippen molar-refractivity contribution in [2.75, 3.05) is 27.4 Å². The fourth-order valence-electron chi connectivity index (χ4n) is 0.167. The summed E-state index contributed by atoms with van der Waals surface area (Å²) in [5.41, 5.74) is 0. The van der Waals surface area contributed by atoms with E-state index in [1.54, 1.807) is 14.2 Å². The molecule has 62 valence electrons. The number of methoxy groups -OCH3 is 2. The molecule has 0 spiro atoms. The zero-order valence-electron chi connectivity index (χ0n) is 9.03. The van der Waals surface area contributed by atoms with Crippen LogP contribution in [0.3, 0.4) is 0 Å². The van der Waals surface area contributed by atoms with Gasteiger partial charge in [0.05, 0.1) is 13.2 Å². The van der Waals surface area contributed by atoms with E-state index in [1.165, 1.54) is 0 Å². The van der Waals surface area contributed by atoms with Gasteiger partial charge in [-0.05, 0) is 0 Å². The molecule has 0 unspecified atom stereocenters. The summed E-state index contributed by atoms with van der Waals surface area (Å²) in [6.45, 7) is 1.38. The predicted octanol–water partition coefficient (Wildman–Crippen LogP) is -12.7. The van der Waals surface area contributed by atoms with Crippen LogP contribution in [0.2, 0.25) is 0 Å². The summed E-state index contributed by atoms with van der Waals surface area (Å²) in [6.07, 6.45) is 0. The minimum absolute atomic E-state index is 0. The number of hydrogen-bond donors (Lipinski definition) is 0. The van der Waals surface area contributed by atoms with E-state index in [0.717, 1.165) is 0 Å². The molecule has 0 N–H and O–H groups in total. The maximum absolute atomic E-state index is 8.42. The maximum atomic E-state index is 8.42. The summed E-state index contributed by atoms with van der Waals surface area (Å²) in [4.78, 5) is 0. The first kappa shape index (κ1) is 29.3. The van der Waals surface area contributed by atoms with Crippen molar-refractivity contribution < 1.29 is 81.1 Å². The molecule has 0 saturated heterocycles. The summed E-state index contributed by atoms with van der Waals surface area (Å²) in [7, 11) is 0.387. The molecule has 0 aromatic carbocycles. The van der Waals surface area contributed by atoms with Gasteiger partial charge in [0.2, 0.25) is 0 Å². The van der Waals surface area contributed by atoms with E-state index >= 15 is 0 Å². The molecule has 0 radical (unpaired) electrons. The van der Waals surface area contributed by atoms with Crippen molar-refractivity contribution in [2.24, 2.45) is 0 Å². The van der Waals surface area contributed by atoms with Crippen LogP contribution in [0.1, 0.15) is 0 Å². The van der Waals surface area contributed by atoms with Gasteiger partial charge >= 0.3 is 56.6 Å². The molecule has 0 aliphatic carbocycles. The van der Waals surface area contributed by atoms with Gasteiger partial charge in [-0.25, -0.2) is 0 Å². The molecule has 0 saturated carbocycles. The minimum atomic E-state index is -2.92. The minimum Gasteiger partial charge on any atom is -0.907 e. The van der Waals surface area contributed by atoms with Crippen LogP contribution in [-0.4, -0.2) is 34.8 Å². The summed E-state index contributed by atoms with van der Waals surface area (Å²) in [5, 5.41) is 25.2.